The smallest absolute Gasteiger partial charge is 0.282 e. The van der Waals surface area contributed by atoms with Crippen LogP contribution in [0.2, 0.25) is 0 Å². The average molecular weight is 427 g/mol. The minimum Gasteiger partial charge on any atom is -0.282 e. The Hall–Kier alpha value is -3.70. The van der Waals surface area contributed by atoms with Gasteiger partial charge in [-0.05, 0) is 30.3 Å². The van der Waals surface area contributed by atoms with Crippen LogP contribution in [0, 0.1) is 0 Å². The van der Waals surface area contributed by atoms with Crippen LogP contribution in [-0.4, -0.2) is 22.9 Å². The molecule has 0 bridgehead atoms. The van der Waals surface area contributed by atoms with Gasteiger partial charge in [0.05, 0.1) is 23.0 Å². The van der Waals surface area contributed by atoms with E-state index in [1.165, 1.54) is 6.20 Å². The van der Waals surface area contributed by atoms with Gasteiger partial charge < -0.3 is 0 Å². The molecule has 1 aromatic carbocycles. The first-order valence-electron chi connectivity index (χ1n) is 8.14. The molecule has 2 heterocycles. The summed E-state index contributed by atoms with van der Waals surface area (Å²) in [6, 6.07) is 5.94. The molecule has 0 atom stereocenters. The Morgan fingerprint density at radius 1 is 0.967 bits per heavy atom. The summed E-state index contributed by atoms with van der Waals surface area (Å²) < 4.78 is 77.8. The van der Waals surface area contributed by atoms with Gasteiger partial charge in [0.2, 0.25) is 0 Å². The van der Waals surface area contributed by atoms with E-state index in [2.05, 4.69) is 25.8 Å². The van der Waals surface area contributed by atoms with Crippen molar-refractivity contribution in [2.24, 2.45) is 9.98 Å². The quantitative estimate of drug-likeness (QED) is 0.440. The molecule has 0 unspecified atom stereocenters. The molecule has 156 valence electrons. The van der Waals surface area contributed by atoms with Gasteiger partial charge in [-0.15, -0.1) is 0 Å². The van der Waals surface area contributed by atoms with Crippen LogP contribution in [0.3, 0.4) is 0 Å². The van der Waals surface area contributed by atoms with E-state index in [0.717, 1.165) is 12.3 Å². The number of hydrazine groups is 1. The lowest BCUT2D eigenvalue weighted by Crippen LogP contribution is -2.28. The Labute approximate surface area is 165 Å². The van der Waals surface area contributed by atoms with Crippen LogP contribution in [0.5, 0.6) is 0 Å². The summed E-state index contributed by atoms with van der Waals surface area (Å²) in [5.41, 5.74) is 1.28. The molecule has 0 fully saturated rings. The number of carbonyl (C=O) groups excluding carboxylic acids is 1. The van der Waals surface area contributed by atoms with E-state index in [1.54, 1.807) is 18.2 Å². The highest BCUT2D eigenvalue weighted by Crippen LogP contribution is 2.36. The molecule has 0 aliphatic carbocycles. The Kier molecular flexibility index (Phi) is 5.58. The number of aliphatic imine (C=N–C) groups is 2. The first-order valence-corrected chi connectivity index (χ1v) is 8.14. The molecule has 3 rings (SSSR count). The number of nitrogens with zero attached hydrogens (tertiary/aromatic N) is 3. The average Bonchev–Trinajstić information content (AvgIpc) is 3.14. The lowest BCUT2D eigenvalue weighted by Gasteiger charge is -2.13. The van der Waals surface area contributed by atoms with E-state index in [1.807, 2.05) is 0 Å². The topological polar surface area (TPSA) is 78.7 Å². The fourth-order valence-electron chi connectivity index (χ4n) is 2.33. The molecule has 1 aliphatic rings. The molecule has 6 nitrogen and oxygen atoms in total. The summed E-state index contributed by atoms with van der Waals surface area (Å²) in [6.07, 6.45) is -6.49. The van der Waals surface area contributed by atoms with Crippen molar-refractivity contribution in [3.05, 3.63) is 71.1 Å². The zero-order chi connectivity index (χ0) is 21.9. The van der Waals surface area contributed by atoms with Crippen molar-refractivity contribution in [2.75, 3.05) is 5.43 Å². The van der Waals surface area contributed by atoms with Crippen molar-refractivity contribution in [2.45, 2.75) is 12.4 Å². The van der Waals surface area contributed by atoms with Crippen molar-refractivity contribution in [3.63, 3.8) is 0 Å². The minimum atomic E-state index is -4.99. The van der Waals surface area contributed by atoms with Crippen molar-refractivity contribution >= 4 is 23.8 Å². The number of aromatic nitrogens is 1. The molecule has 1 aromatic heterocycles. The van der Waals surface area contributed by atoms with Crippen LogP contribution in [0.15, 0.2) is 64.4 Å². The molecule has 1 aliphatic heterocycles. The van der Waals surface area contributed by atoms with E-state index in [-0.39, 0.29) is 17.6 Å². The van der Waals surface area contributed by atoms with E-state index < -0.39 is 35.0 Å². The van der Waals surface area contributed by atoms with Crippen LogP contribution < -0.4 is 10.9 Å². The third-order valence-corrected chi connectivity index (χ3v) is 3.66. The van der Waals surface area contributed by atoms with Gasteiger partial charge in [0, 0.05) is 17.8 Å². The number of allylic oxidation sites excluding steroid dienone is 1. The molecule has 0 saturated heterocycles. The zero-order valence-corrected chi connectivity index (χ0v) is 14.7. The Morgan fingerprint density at radius 2 is 1.63 bits per heavy atom. The van der Waals surface area contributed by atoms with Crippen LogP contribution in [-0.2, 0) is 17.1 Å². The van der Waals surface area contributed by atoms with Crippen molar-refractivity contribution in [1.29, 1.82) is 0 Å². The second-order valence-corrected chi connectivity index (χ2v) is 5.89. The number of amides is 1. The highest BCUT2D eigenvalue weighted by Gasteiger charge is 2.37. The number of nitrogens with one attached hydrogen (secondary N) is 2. The number of alkyl halides is 6. The molecule has 0 spiro atoms. The second-order valence-electron chi connectivity index (χ2n) is 5.89. The molecule has 1 amide bonds. The molecule has 2 N–H and O–H groups in total. The second kappa shape index (κ2) is 7.97. The first kappa shape index (κ1) is 21.0. The fourth-order valence-corrected chi connectivity index (χ4v) is 2.33. The van der Waals surface area contributed by atoms with Crippen molar-refractivity contribution < 1.29 is 31.1 Å². The maximum atomic E-state index is 13.0. The monoisotopic (exact) mass is 427 g/mol. The van der Waals surface area contributed by atoms with E-state index in [9.17, 15) is 31.1 Å². The van der Waals surface area contributed by atoms with Gasteiger partial charge in [-0.1, -0.05) is 6.07 Å². The number of hydrogen-bond donors (Lipinski definition) is 2. The van der Waals surface area contributed by atoms with E-state index in [0.29, 0.717) is 18.0 Å². The van der Waals surface area contributed by atoms with Crippen LogP contribution >= 0.6 is 0 Å². The summed E-state index contributed by atoms with van der Waals surface area (Å²) in [4.78, 5) is 23.3. The van der Waals surface area contributed by atoms with Crippen molar-refractivity contribution in [3.8, 4) is 0 Å². The molecule has 2 aromatic rings. The molecule has 12 heteroatoms. The molecule has 30 heavy (non-hydrogen) atoms. The number of amidine groups is 1. The summed E-state index contributed by atoms with van der Waals surface area (Å²) >= 11 is 0. The van der Waals surface area contributed by atoms with Gasteiger partial charge in [0.25, 0.3) is 5.91 Å². The number of hydrogen-bond acceptors (Lipinski definition) is 5. The third kappa shape index (κ3) is 5.21. The van der Waals surface area contributed by atoms with E-state index >= 15 is 0 Å². The number of anilines is 1. The summed E-state index contributed by atoms with van der Waals surface area (Å²) in [7, 11) is 0. The molecular formula is C18H11F6N5O. The molecular weight excluding hydrogens is 416 g/mol. The summed E-state index contributed by atoms with van der Waals surface area (Å²) in [5.74, 6) is -0.729. The van der Waals surface area contributed by atoms with Crippen molar-refractivity contribution in [1.82, 2.24) is 10.4 Å². The predicted molar refractivity (Wildman–Crippen MR) is 95.6 cm³/mol. The third-order valence-electron chi connectivity index (χ3n) is 3.66. The number of carbonyl (C=O) groups is 1. The van der Waals surface area contributed by atoms with Crippen LogP contribution in [0.25, 0.3) is 0 Å². The van der Waals surface area contributed by atoms with E-state index in [4.69, 9.17) is 0 Å². The Balaban J connectivity index is 1.82. The lowest BCUT2D eigenvalue weighted by molar-refractivity contribution is -0.143. The highest BCUT2D eigenvalue weighted by molar-refractivity contribution is 6.12. The SMILES string of the molecule is O=C(C=C1C=NC(c2cc(C(F)(F)F)cc(C(F)(F)F)c2)=N1)NNc1ccccn1. The highest BCUT2D eigenvalue weighted by atomic mass is 19.4. The summed E-state index contributed by atoms with van der Waals surface area (Å²) in [6.45, 7) is 0. The molecule has 0 saturated carbocycles. The van der Waals surface area contributed by atoms with Gasteiger partial charge in [0.15, 0.2) is 5.84 Å². The standard InChI is InChI=1S/C18H11F6N5O/c19-17(20,21)11-5-10(6-12(7-11)18(22,23)24)16-26-9-13(27-16)8-15(30)29-28-14-3-1-2-4-25-14/h1-9H,(H,25,28)(H,29,30). The minimum absolute atomic E-state index is 0.0101. The maximum Gasteiger partial charge on any atom is 0.416 e. The van der Waals surface area contributed by atoms with Gasteiger partial charge >= 0.3 is 12.4 Å². The zero-order valence-electron chi connectivity index (χ0n) is 14.7. The van der Waals surface area contributed by atoms with Crippen LogP contribution in [0.1, 0.15) is 16.7 Å². The van der Waals surface area contributed by atoms with Gasteiger partial charge in [0.1, 0.15) is 5.82 Å². The largest absolute Gasteiger partial charge is 0.416 e. The summed E-state index contributed by atoms with van der Waals surface area (Å²) in [5, 5.41) is 0. The number of halogens is 6. The number of pyridine rings is 1. The first-order chi connectivity index (χ1) is 14.0. The van der Waals surface area contributed by atoms with Gasteiger partial charge in [-0.3, -0.25) is 15.6 Å². The maximum absolute atomic E-state index is 13.0. The number of benzene rings is 1. The number of rotatable bonds is 4. The van der Waals surface area contributed by atoms with Gasteiger partial charge in [-0.25, -0.2) is 15.0 Å². The normalized spacial score (nSPS) is 15.3. The Morgan fingerprint density at radius 3 is 2.20 bits per heavy atom. The Bertz CT molecular complexity index is 1010. The predicted octanol–water partition coefficient (Wildman–Crippen LogP) is 3.98. The molecule has 0 radical (unpaired) electrons. The van der Waals surface area contributed by atoms with Gasteiger partial charge in [-0.2, -0.15) is 26.3 Å². The lowest BCUT2D eigenvalue weighted by atomic mass is 10.0. The van der Waals surface area contributed by atoms with Crippen LogP contribution in [0.4, 0.5) is 32.2 Å². The fraction of sp³-hybridized carbons (Fsp3) is 0.111.